The highest BCUT2D eigenvalue weighted by Crippen LogP contribution is 2.21. The maximum absolute atomic E-state index is 12.9. The van der Waals surface area contributed by atoms with Crippen molar-refractivity contribution in [1.82, 2.24) is 9.21 Å². The number of rotatable bonds is 7. The third-order valence-electron chi connectivity index (χ3n) is 4.92. The maximum Gasteiger partial charge on any atom is 0.263 e. The van der Waals surface area contributed by atoms with E-state index in [2.05, 4.69) is 0 Å². The Hall–Kier alpha value is -2.58. The summed E-state index contributed by atoms with van der Waals surface area (Å²) in [6.45, 7) is 3.10. The largest absolute Gasteiger partial charge is 0.497 e. The molecule has 1 aliphatic heterocycles. The van der Waals surface area contributed by atoms with Gasteiger partial charge < -0.3 is 14.4 Å². The van der Waals surface area contributed by atoms with Crippen LogP contribution in [-0.2, 0) is 14.8 Å². The van der Waals surface area contributed by atoms with Crippen molar-refractivity contribution < 1.29 is 22.7 Å². The molecule has 0 aromatic heterocycles. The minimum Gasteiger partial charge on any atom is -0.497 e. The van der Waals surface area contributed by atoms with Gasteiger partial charge in [0, 0.05) is 26.2 Å². The highest BCUT2D eigenvalue weighted by atomic mass is 32.2. The third-order valence-corrected chi connectivity index (χ3v) is 6.83. The molecule has 156 valence electrons. The summed E-state index contributed by atoms with van der Waals surface area (Å²) in [6, 6.07) is 15.4. The molecule has 0 spiro atoms. The smallest absolute Gasteiger partial charge is 0.263 e. The lowest BCUT2D eigenvalue weighted by Crippen LogP contribution is -2.53. The quantitative estimate of drug-likeness (QED) is 0.690. The first-order chi connectivity index (χ1) is 14.0. The standard InChI is InChI=1S/C21H26N2O5S/c1-3-20(28-18-11-9-17(27-2)10-12-18)21(24)22-13-15-23(16-14-22)29(25,26)19-7-5-4-6-8-19/h4-12,20H,3,13-16H2,1-2H3. The van der Waals surface area contributed by atoms with Gasteiger partial charge in [0.2, 0.25) is 10.0 Å². The molecule has 8 heteroatoms. The van der Waals surface area contributed by atoms with Gasteiger partial charge in [0.15, 0.2) is 6.10 Å². The second-order valence-electron chi connectivity index (χ2n) is 6.73. The molecule has 1 atom stereocenters. The fourth-order valence-corrected chi connectivity index (χ4v) is 4.66. The second kappa shape index (κ2) is 9.28. The highest BCUT2D eigenvalue weighted by molar-refractivity contribution is 7.89. The van der Waals surface area contributed by atoms with Crippen molar-refractivity contribution in [2.24, 2.45) is 0 Å². The Morgan fingerprint density at radius 2 is 1.55 bits per heavy atom. The third kappa shape index (κ3) is 4.89. The number of ether oxygens (including phenoxy) is 2. The van der Waals surface area contributed by atoms with Crippen LogP contribution in [0.2, 0.25) is 0 Å². The summed E-state index contributed by atoms with van der Waals surface area (Å²) in [5.74, 6) is 1.18. The average molecular weight is 419 g/mol. The van der Waals surface area contributed by atoms with E-state index in [0.717, 1.165) is 0 Å². The van der Waals surface area contributed by atoms with Crippen LogP contribution in [0.25, 0.3) is 0 Å². The molecule has 1 fully saturated rings. The summed E-state index contributed by atoms with van der Waals surface area (Å²) in [5.41, 5.74) is 0. The van der Waals surface area contributed by atoms with Crippen molar-refractivity contribution in [1.29, 1.82) is 0 Å². The molecule has 2 aromatic rings. The predicted molar refractivity (Wildman–Crippen MR) is 109 cm³/mol. The molecule has 3 rings (SSSR count). The molecule has 1 heterocycles. The van der Waals surface area contributed by atoms with Crippen LogP contribution in [0.3, 0.4) is 0 Å². The molecule has 0 radical (unpaired) electrons. The van der Waals surface area contributed by atoms with Gasteiger partial charge in [-0.3, -0.25) is 4.79 Å². The number of nitrogens with zero attached hydrogens (tertiary/aromatic N) is 2. The van der Waals surface area contributed by atoms with E-state index in [1.54, 1.807) is 66.6 Å². The number of benzene rings is 2. The summed E-state index contributed by atoms with van der Waals surface area (Å²) in [6.07, 6.45) is -0.0893. The van der Waals surface area contributed by atoms with E-state index in [0.29, 0.717) is 31.0 Å². The fourth-order valence-electron chi connectivity index (χ4n) is 3.22. The van der Waals surface area contributed by atoms with Crippen LogP contribution in [0.5, 0.6) is 11.5 Å². The van der Waals surface area contributed by atoms with Crippen LogP contribution >= 0.6 is 0 Å². The zero-order valence-electron chi connectivity index (χ0n) is 16.7. The van der Waals surface area contributed by atoms with Crippen molar-refractivity contribution in [2.75, 3.05) is 33.3 Å². The highest BCUT2D eigenvalue weighted by Gasteiger charge is 2.32. The Morgan fingerprint density at radius 1 is 0.966 bits per heavy atom. The van der Waals surface area contributed by atoms with Gasteiger partial charge in [-0.25, -0.2) is 8.42 Å². The van der Waals surface area contributed by atoms with E-state index in [-0.39, 0.29) is 23.9 Å². The Kier molecular flexibility index (Phi) is 6.76. The first-order valence-corrected chi connectivity index (χ1v) is 11.0. The molecule has 29 heavy (non-hydrogen) atoms. The number of hydrogen-bond acceptors (Lipinski definition) is 5. The number of carbonyl (C=O) groups is 1. The lowest BCUT2D eigenvalue weighted by Gasteiger charge is -2.35. The van der Waals surface area contributed by atoms with E-state index in [1.165, 1.54) is 4.31 Å². The fraction of sp³-hybridized carbons (Fsp3) is 0.381. The van der Waals surface area contributed by atoms with Gasteiger partial charge in [0.1, 0.15) is 11.5 Å². The number of amides is 1. The molecule has 0 aliphatic carbocycles. The first kappa shape index (κ1) is 21.1. The van der Waals surface area contributed by atoms with Crippen LogP contribution in [0.4, 0.5) is 0 Å². The lowest BCUT2D eigenvalue weighted by atomic mass is 10.2. The van der Waals surface area contributed by atoms with Crippen LogP contribution < -0.4 is 9.47 Å². The molecule has 2 aromatic carbocycles. The Labute approximate surface area is 171 Å². The van der Waals surface area contributed by atoms with Gasteiger partial charge in [-0.05, 0) is 42.8 Å². The monoisotopic (exact) mass is 418 g/mol. The van der Waals surface area contributed by atoms with Gasteiger partial charge in [-0.2, -0.15) is 4.31 Å². The molecule has 7 nitrogen and oxygen atoms in total. The molecular weight excluding hydrogens is 392 g/mol. The van der Waals surface area contributed by atoms with Gasteiger partial charge in [-0.1, -0.05) is 25.1 Å². The summed E-state index contributed by atoms with van der Waals surface area (Å²) >= 11 is 0. The van der Waals surface area contributed by atoms with E-state index < -0.39 is 16.1 Å². The Bertz CT molecular complexity index is 908. The van der Waals surface area contributed by atoms with Crippen LogP contribution in [-0.4, -0.2) is 62.9 Å². The summed E-state index contributed by atoms with van der Waals surface area (Å²) in [5, 5.41) is 0. The lowest BCUT2D eigenvalue weighted by molar-refractivity contribution is -0.140. The first-order valence-electron chi connectivity index (χ1n) is 9.60. The second-order valence-corrected chi connectivity index (χ2v) is 8.67. The number of sulfonamides is 1. The topological polar surface area (TPSA) is 76.2 Å². The zero-order valence-corrected chi connectivity index (χ0v) is 17.5. The number of methoxy groups -OCH3 is 1. The van der Waals surface area contributed by atoms with Gasteiger partial charge in [0.05, 0.1) is 12.0 Å². The number of piperazine rings is 1. The van der Waals surface area contributed by atoms with E-state index in [1.807, 2.05) is 6.92 Å². The molecule has 0 N–H and O–H groups in total. The molecule has 1 aliphatic rings. The normalized spacial score (nSPS) is 16.3. The molecule has 0 saturated carbocycles. The molecule has 0 bridgehead atoms. The van der Waals surface area contributed by atoms with Crippen molar-refractivity contribution in [2.45, 2.75) is 24.3 Å². The summed E-state index contributed by atoms with van der Waals surface area (Å²) in [4.78, 5) is 14.8. The number of carbonyl (C=O) groups excluding carboxylic acids is 1. The molecule has 1 amide bonds. The van der Waals surface area contributed by atoms with E-state index in [9.17, 15) is 13.2 Å². The average Bonchev–Trinajstić information content (AvgIpc) is 2.78. The molecular formula is C21H26N2O5S. The maximum atomic E-state index is 12.9. The van der Waals surface area contributed by atoms with Gasteiger partial charge in [-0.15, -0.1) is 0 Å². The van der Waals surface area contributed by atoms with Crippen LogP contribution in [0.15, 0.2) is 59.5 Å². The SMILES string of the molecule is CCC(Oc1ccc(OC)cc1)C(=O)N1CCN(S(=O)(=O)c2ccccc2)CC1. The van der Waals surface area contributed by atoms with Crippen molar-refractivity contribution in [3.63, 3.8) is 0 Å². The molecule has 1 unspecified atom stereocenters. The Morgan fingerprint density at radius 3 is 2.10 bits per heavy atom. The molecule has 1 saturated heterocycles. The minimum atomic E-state index is -3.54. The van der Waals surface area contributed by atoms with E-state index >= 15 is 0 Å². The Balaban J connectivity index is 1.60. The van der Waals surface area contributed by atoms with Gasteiger partial charge in [0.25, 0.3) is 5.91 Å². The van der Waals surface area contributed by atoms with Crippen molar-refractivity contribution in [3.8, 4) is 11.5 Å². The van der Waals surface area contributed by atoms with Crippen LogP contribution in [0.1, 0.15) is 13.3 Å². The van der Waals surface area contributed by atoms with Gasteiger partial charge >= 0.3 is 0 Å². The minimum absolute atomic E-state index is 0.125. The zero-order chi connectivity index (χ0) is 20.9. The summed E-state index contributed by atoms with van der Waals surface area (Å²) in [7, 11) is -1.95. The summed E-state index contributed by atoms with van der Waals surface area (Å²) < 4.78 is 37.9. The predicted octanol–water partition coefficient (Wildman–Crippen LogP) is 2.39. The van der Waals surface area contributed by atoms with Crippen molar-refractivity contribution >= 4 is 15.9 Å². The van der Waals surface area contributed by atoms with Crippen molar-refractivity contribution in [3.05, 3.63) is 54.6 Å². The van der Waals surface area contributed by atoms with Crippen LogP contribution in [0, 0.1) is 0 Å². The number of hydrogen-bond donors (Lipinski definition) is 0. The van der Waals surface area contributed by atoms with E-state index in [4.69, 9.17) is 9.47 Å².